The SMILES string of the molecule is CC(C)(C)[C@@H](NC(=O)CNC(=O)COc1ccc([C@@H]2[C@@H](SC[C@H](O)c3ccc4c(c3)OCO4)C(=O)N2c2ccc(F)cc2)cc1)C(=O)O. The summed E-state index contributed by atoms with van der Waals surface area (Å²) in [5, 5.41) is 24.5. The second kappa shape index (κ2) is 14.5. The van der Waals surface area contributed by atoms with Crippen LogP contribution in [0, 0.1) is 11.2 Å². The number of aliphatic hydroxyl groups is 1. The Bertz CT molecular complexity index is 1660. The third kappa shape index (κ3) is 8.00. The van der Waals surface area contributed by atoms with Crippen LogP contribution in [0.3, 0.4) is 0 Å². The van der Waals surface area contributed by atoms with E-state index in [1.807, 2.05) is 0 Å². The summed E-state index contributed by atoms with van der Waals surface area (Å²) in [7, 11) is 0. The fourth-order valence-corrected chi connectivity index (χ4v) is 6.55. The summed E-state index contributed by atoms with van der Waals surface area (Å²) in [5.41, 5.74) is 1.19. The van der Waals surface area contributed by atoms with E-state index in [1.165, 1.54) is 36.0 Å². The smallest absolute Gasteiger partial charge is 0.326 e. The van der Waals surface area contributed by atoms with E-state index in [4.69, 9.17) is 14.2 Å². The number of rotatable bonds is 13. The number of halogens is 1. The first-order valence-electron chi connectivity index (χ1n) is 15.1. The van der Waals surface area contributed by atoms with Gasteiger partial charge in [-0.2, -0.15) is 0 Å². The number of aliphatic hydroxyl groups excluding tert-OH is 1. The number of nitrogens with one attached hydrogen (secondary N) is 2. The fraction of sp³-hybridized carbons (Fsp3) is 0.353. The van der Waals surface area contributed by atoms with Crippen LogP contribution in [0.4, 0.5) is 10.1 Å². The predicted molar refractivity (Wildman–Crippen MR) is 174 cm³/mol. The number of aliphatic carboxylic acids is 1. The lowest BCUT2D eigenvalue weighted by atomic mass is 9.87. The second-order valence-electron chi connectivity index (χ2n) is 12.4. The highest BCUT2D eigenvalue weighted by molar-refractivity contribution is 8.00. The molecule has 1 fully saturated rings. The molecule has 4 atom stereocenters. The van der Waals surface area contributed by atoms with Crippen LogP contribution in [-0.4, -0.2) is 70.9 Å². The number of fused-ring (bicyclic) bond motifs is 1. The maximum atomic E-state index is 13.7. The number of β-lactam (4-membered cyclic amide) rings is 1. The number of carboxylic acid groups (broad SMARTS) is 1. The van der Waals surface area contributed by atoms with Crippen molar-refractivity contribution in [2.24, 2.45) is 5.41 Å². The highest BCUT2D eigenvalue weighted by atomic mass is 32.2. The van der Waals surface area contributed by atoms with Crippen molar-refractivity contribution in [1.29, 1.82) is 0 Å². The van der Waals surface area contributed by atoms with Crippen LogP contribution in [0.25, 0.3) is 0 Å². The van der Waals surface area contributed by atoms with Gasteiger partial charge in [-0.3, -0.25) is 14.4 Å². The van der Waals surface area contributed by atoms with Crippen molar-refractivity contribution in [3.05, 3.63) is 83.7 Å². The average molecular weight is 682 g/mol. The maximum Gasteiger partial charge on any atom is 0.326 e. The second-order valence-corrected chi connectivity index (χ2v) is 13.5. The van der Waals surface area contributed by atoms with Crippen LogP contribution in [0.15, 0.2) is 66.7 Å². The topological polar surface area (TPSA) is 164 Å². The molecule has 0 saturated carbocycles. The molecule has 4 N–H and O–H groups in total. The van der Waals surface area contributed by atoms with E-state index in [0.29, 0.717) is 28.5 Å². The molecule has 0 spiro atoms. The van der Waals surface area contributed by atoms with Crippen LogP contribution in [0.2, 0.25) is 0 Å². The van der Waals surface area contributed by atoms with Crippen LogP contribution in [-0.2, 0) is 19.2 Å². The molecular formula is C34H36FN3O9S. The van der Waals surface area contributed by atoms with E-state index in [-0.39, 0.29) is 18.5 Å². The van der Waals surface area contributed by atoms with Gasteiger partial charge in [0, 0.05) is 11.4 Å². The molecule has 0 radical (unpaired) electrons. The Balaban J connectivity index is 1.20. The first-order chi connectivity index (χ1) is 22.8. The van der Waals surface area contributed by atoms with E-state index >= 15 is 0 Å². The molecule has 3 amide bonds. The van der Waals surface area contributed by atoms with Crippen molar-refractivity contribution in [3.63, 3.8) is 0 Å². The Hall–Kier alpha value is -4.82. The van der Waals surface area contributed by atoms with Gasteiger partial charge in [0.2, 0.25) is 18.6 Å². The minimum Gasteiger partial charge on any atom is -0.484 e. The summed E-state index contributed by atoms with van der Waals surface area (Å²) in [4.78, 5) is 51.0. The van der Waals surface area contributed by atoms with Crippen molar-refractivity contribution in [2.45, 2.75) is 44.2 Å². The highest BCUT2D eigenvalue weighted by Crippen LogP contribution is 2.46. The van der Waals surface area contributed by atoms with Gasteiger partial charge in [0.05, 0.1) is 18.7 Å². The van der Waals surface area contributed by atoms with Gasteiger partial charge in [0.25, 0.3) is 5.91 Å². The van der Waals surface area contributed by atoms with Gasteiger partial charge in [-0.25, -0.2) is 9.18 Å². The number of benzene rings is 3. The Morgan fingerprint density at radius 1 is 1.02 bits per heavy atom. The molecule has 3 aromatic carbocycles. The fourth-order valence-electron chi connectivity index (χ4n) is 5.25. The molecule has 0 bridgehead atoms. The van der Waals surface area contributed by atoms with Gasteiger partial charge in [0.15, 0.2) is 18.1 Å². The van der Waals surface area contributed by atoms with Crippen LogP contribution in [0.5, 0.6) is 17.2 Å². The van der Waals surface area contributed by atoms with Crippen LogP contribution in [0.1, 0.15) is 44.0 Å². The average Bonchev–Trinajstić information content (AvgIpc) is 3.53. The third-order valence-corrected chi connectivity index (χ3v) is 9.15. The molecule has 1 saturated heterocycles. The van der Waals surface area contributed by atoms with E-state index < -0.39 is 65.6 Å². The number of anilines is 1. The molecule has 0 aromatic heterocycles. The minimum atomic E-state index is -1.18. The van der Waals surface area contributed by atoms with Gasteiger partial charge in [-0.05, 0) is 65.1 Å². The Morgan fingerprint density at radius 2 is 1.71 bits per heavy atom. The number of hydrogen-bond acceptors (Lipinski definition) is 9. The minimum absolute atomic E-state index is 0.116. The van der Waals surface area contributed by atoms with Gasteiger partial charge in [0.1, 0.15) is 22.9 Å². The monoisotopic (exact) mass is 681 g/mol. The number of hydrogen-bond donors (Lipinski definition) is 4. The molecular weight excluding hydrogens is 645 g/mol. The molecule has 0 aliphatic carbocycles. The van der Waals surface area contributed by atoms with Crippen molar-refractivity contribution in [2.75, 3.05) is 30.6 Å². The number of amides is 3. The molecule has 254 valence electrons. The van der Waals surface area contributed by atoms with E-state index in [0.717, 1.165) is 5.56 Å². The molecule has 3 aromatic rings. The third-order valence-electron chi connectivity index (χ3n) is 7.82. The number of carbonyl (C=O) groups excluding carboxylic acids is 3. The summed E-state index contributed by atoms with van der Waals surface area (Å²) >= 11 is 1.31. The van der Waals surface area contributed by atoms with Crippen molar-refractivity contribution < 1.29 is 48.0 Å². The van der Waals surface area contributed by atoms with Crippen molar-refractivity contribution >= 4 is 41.1 Å². The normalized spacial score (nSPS) is 18.0. The maximum absolute atomic E-state index is 13.7. The summed E-state index contributed by atoms with van der Waals surface area (Å²) < 4.78 is 30.0. The zero-order valence-electron chi connectivity index (χ0n) is 26.5. The zero-order chi connectivity index (χ0) is 34.6. The van der Waals surface area contributed by atoms with E-state index in [1.54, 1.807) is 68.1 Å². The number of ether oxygens (including phenoxy) is 3. The summed E-state index contributed by atoms with van der Waals surface area (Å²) in [5.74, 6) is -1.28. The highest BCUT2D eigenvalue weighted by Gasteiger charge is 2.49. The summed E-state index contributed by atoms with van der Waals surface area (Å²) in [6.45, 7) is 4.34. The number of nitrogens with zero attached hydrogens (tertiary/aromatic N) is 1. The largest absolute Gasteiger partial charge is 0.484 e. The van der Waals surface area contributed by atoms with Crippen LogP contribution >= 0.6 is 11.8 Å². The standard InChI is InChI=1S/C34H36FN3O9S/c1-34(2,3)31(33(43)44)37-27(40)15-36-28(41)16-45-23-11-4-19(5-12-23)29-30(32(42)38(29)22-9-7-21(35)8-10-22)48-17-24(39)20-6-13-25-26(14-20)47-18-46-25/h4-14,24,29-31,39H,15-18H2,1-3H3,(H,36,41)(H,37,40)(H,43,44)/t24-,29+,30+,31-/m0/s1. The molecule has 2 heterocycles. The quantitative estimate of drug-likeness (QED) is 0.196. The first-order valence-corrected chi connectivity index (χ1v) is 16.2. The number of carbonyl (C=O) groups is 4. The van der Waals surface area contributed by atoms with Gasteiger partial charge < -0.3 is 40.0 Å². The molecule has 12 nitrogen and oxygen atoms in total. The Kier molecular flexibility index (Phi) is 10.4. The van der Waals surface area contributed by atoms with Gasteiger partial charge in [-0.15, -0.1) is 11.8 Å². The number of carboxylic acids is 1. The van der Waals surface area contributed by atoms with Crippen molar-refractivity contribution in [1.82, 2.24) is 10.6 Å². The first kappa shape index (κ1) is 34.5. The van der Waals surface area contributed by atoms with Crippen molar-refractivity contribution in [3.8, 4) is 17.2 Å². The summed E-state index contributed by atoms with van der Waals surface area (Å²) in [6, 6.07) is 16.1. The van der Waals surface area contributed by atoms with Gasteiger partial charge in [-0.1, -0.05) is 39.0 Å². The molecule has 48 heavy (non-hydrogen) atoms. The van der Waals surface area contributed by atoms with Crippen LogP contribution < -0.4 is 29.7 Å². The molecule has 5 rings (SSSR count). The lowest BCUT2D eigenvalue weighted by Crippen LogP contribution is -2.57. The van der Waals surface area contributed by atoms with E-state index in [2.05, 4.69) is 10.6 Å². The molecule has 2 aliphatic heterocycles. The lowest BCUT2D eigenvalue weighted by molar-refractivity contribution is -0.144. The number of thioether (sulfide) groups is 1. The zero-order valence-corrected chi connectivity index (χ0v) is 27.3. The predicted octanol–water partition coefficient (Wildman–Crippen LogP) is 3.59. The Morgan fingerprint density at radius 3 is 2.38 bits per heavy atom. The molecule has 0 unspecified atom stereocenters. The van der Waals surface area contributed by atoms with E-state index in [9.17, 15) is 33.8 Å². The summed E-state index contributed by atoms with van der Waals surface area (Å²) in [6.07, 6.45) is -0.872. The molecule has 14 heteroatoms. The molecule has 2 aliphatic rings. The lowest BCUT2D eigenvalue weighted by Gasteiger charge is -2.47. The Labute approximate surface area is 280 Å². The van der Waals surface area contributed by atoms with Gasteiger partial charge >= 0.3 is 5.97 Å².